The molecule has 0 spiro atoms. The van der Waals surface area contributed by atoms with Crippen LogP contribution in [-0.4, -0.2) is 27.1 Å². The van der Waals surface area contributed by atoms with Crippen LogP contribution in [0.1, 0.15) is 29.4 Å². The maximum atomic E-state index is 6.17. The van der Waals surface area contributed by atoms with Crippen LogP contribution >= 0.6 is 24.0 Å². The molecule has 0 bridgehead atoms. The minimum absolute atomic E-state index is 0. The number of guanidine groups is 1. The zero-order valence-corrected chi connectivity index (χ0v) is 17.9. The molecule has 3 aromatic rings. The number of ether oxygens (including phenoxy) is 1. The summed E-state index contributed by atoms with van der Waals surface area (Å²) in [5.74, 6) is 3.01. The molecule has 1 unspecified atom stereocenters. The number of aryl methyl sites for hydroxylation is 1. The lowest BCUT2D eigenvalue weighted by molar-refractivity contribution is 0.262. The molecule has 1 atom stereocenters. The van der Waals surface area contributed by atoms with Crippen molar-refractivity contribution in [1.82, 2.24) is 19.9 Å². The lowest BCUT2D eigenvalue weighted by Crippen LogP contribution is -2.37. The van der Waals surface area contributed by atoms with E-state index >= 15 is 0 Å². The summed E-state index contributed by atoms with van der Waals surface area (Å²) in [5, 5.41) is 3.32. The van der Waals surface area contributed by atoms with E-state index in [4.69, 9.17) is 10.5 Å². The summed E-state index contributed by atoms with van der Waals surface area (Å²) in [5.41, 5.74) is 8.26. The molecule has 1 aliphatic rings. The molecule has 4 rings (SSSR count). The molecule has 8 heteroatoms. The van der Waals surface area contributed by atoms with E-state index < -0.39 is 0 Å². The van der Waals surface area contributed by atoms with Gasteiger partial charge in [-0.2, -0.15) is 0 Å². The Morgan fingerprint density at radius 3 is 2.93 bits per heavy atom. The number of pyridine rings is 1. The molecule has 28 heavy (non-hydrogen) atoms. The number of aliphatic imine (C=N–C) groups is 1. The monoisotopic (exact) mass is 490 g/mol. The van der Waals surface area contributed by atoms with Gasteiger partial charge in [-0.15, -0.1) is 24.0 Å². The van der Waals surface area contributed by atoms with Gasteiger partial charge in [0.2, 0.25) is 0 Å². The second-order valence-electron chi connectivity index (χ2n) is 6.40. The largest absolute Gasteiger partial charge is 0.493 e. The fourth-order valence-corrected chi connectivity index (χ4v) is 3.26. The third-order valence-electron chi connectivity index (χ3n) is 4.62. The summed E-state index contributed by atoms with van der Waals surface area (Å²) in [7, 11) is 0. The predicted octanol–water partition coefficient (Wildman–Crippen LogP) is 3.12. The second kappa shape index (κ2) is 9.05. The van der Waals surface area contributed by atoms with Gasteiger partial charge in [-0.25, -0.2) is 15.0 Å². The van der Waals surface area contributed by atoms with E-state index in [0.29, 0.717) is 19.1 Å². The first kappa shape index (κ1) is 20.1. The van der Waals surface area contributed by atoms with E-state index in [1.165, 1.54) is 0 Å². The molecule has 7 nitrogen and oxygen atoms in total. The Balaban J connectivity index is 0.00000225. The highest BCUT2D eigenvalue weighted by atomic mass is 127. The smallest absolute Gasteiger partial charge is 0.189 e. The van der Waals surface area contributed by atoms with Crippen molar-refractivity contribution < 1.29 is 4.74 Å². The van der Waals surface area contributed by atoms with Crippen LogP contribution in [-0.2, 0) is 6.54 Å². The maximum Gasteiger partial charge on any atom is 0.189 e. The van der Waals surface area contributed by atoms with Crippen molar-refractivity contribution in [1.29, 1.82) is 0 Å². The van der Waals surface area contributed by atoms with Crippen LogP contribution in [0, 0.1) is 6.92 Å². The van der Waals surface area contributed by atoms with Crippen molar-refractivity contribution in [2.45, 2.75) is 25.9 Å². The van der Waals surface area contributed by atoms with Crippen LogP contribution in [0.3, 0.4) is 0 Å². The van der Waals surface area contributed by atoms with Gasteiger partial charge in [0, 0.05) is 36.1 Å². The number of imidazole rings is 1. The van der Waals surface area contributed by atoms with Gasteiger partial charge in [0.15, 0.2) is 5.96 Å². The first-order valence-electron chi connectivity index (χ1n) is 8.95. The molecule has 1 aliphatic heterocycles. The lowest BCUT2D eigenvalue weighted by atomic mass is 10.0. The highest BCUT2D eigenvalue weighted by molar-refractivity contribution is 14.0. The van der Waals surface area contributed by atoms with E-state index in [0.717, 1.165) is 34.9 Å². The SMILES string of the molecule is Cc1nccn1-c1ncccc1CN=C(N)NC1CCOc2ccccc21.I. The summed E-state index contributed by atoms with van der Waals surface area (Å²) in [6, 6.07) is 12.0. The summed E-state index contributed by atoms with van der Waals surface area (Å²) in [6.07, 6.45) is 6.27. The Bertz CT molecular complexity index is 971. The number of nitrogens with one attached hydrogen (secondary N) is 1. The number of hydrogen-bond acceptors (Lipinski definition) is 4. The summed E-state index contributed by atoms with van der Waals surface area (Å²) in [6.45, 7) is 3.04. The van der Waals surface area contributed by atoms with Gasteiger partial charge < -0.3 is 15.8 Å². The molecule has 1 aromatic carbocycles. The van der Waals surface area contributed by atoms with Gasteiger partial charge in [-0.05, 0) is 19.1 Å². The molecule has 3 heterocycles. The number of para-hydroxylation sites is 1. The molecular formula is C20H23IN6O. The highest BCUT2D eigenvalue weighted by Crippen LogP contribution is 2.31. The third kappa shape index (κ3) is 4.27. The standard InChI is InChI=1S/C20H22N6O.HI/c1-14-22-10-11-26(14)19-15(5-4-9-23-19)13-24-20(21)25-17-8-12-27-18-7-3-2-6-16(17)18;/h2-7,9-11,17H,8,12-13H2,1H3,(H3,21,24,25);1H. The van der Waals surface area contributed by atoms with Crippen molar-refractivity contribution in [3.8, 4) is 11.6 Å². The van der Waals surface area contributed by atoms with Gasteiger partial charge in [0.25, 0.3) is 0 Å². The number of rotatable bonds is 4. The minimum atomic E-state index is 0. The van der Waals surface area contributed by atoms with Gasteiger partial charge >= 0.3 is 0 Å². The van der Waals surface area contributed by atoms with Gasteiger partial charge in [0.05, 0.1) is 19.2 Å². The van der Waals surface area contributed by atoms with Crippen LogP contribution in [0.25, 0.3) is 5.82 Å². The molecule has 0 amide bonds. The van der Waals surface area contributed by atoms with E-state index in [1.54, 1.807) is 12.4 Å². The minimum Gasteiger partial charge on any atom is -0.493 e. The van der Waals surface area contributed by atoms with E-state index in [9.17, 15) is 0 Å². The van der Waals surface area contributed by atoms with Gasteiger partial charge in [0.1, 0.15) is 17.4 Å². The quantitative estimate of drug-likeness (QED) is 0.333. The molecule has 146 valence electrons. The van der Waals surface area contributed by atoms with Crippen molar-refractivity contribution in [2.24, 2.45) is 10.7 Å². The van der Waals surface area contributed by atoms with Crippen molar-refractivity contribution in [3.05, 3.63) is 71.9 Å². The summed E-state index contributed by atoms with van der Waals surface area (Å²) in [4.78, 5) is 13.3. The molecule has 3 N–H and O–H groups in total. The summed E-state index contributed by atoms with van der Waals surface area (Å²) >= 11 is 0. The first-order valence-corrected chi connectivity index (χ1v) is 8.95. The van der Waals surface area contributed by atoms with Gasteiger partial charge in [-0.1, -0.05) is 24.3 Å². The van der Waals surface area contributed by atoms with Gasteiger partial charge in [-0.3, -0.25) is 4.57 Å². The molecule has 0 radical (unpaired) electrons. The second-order valence-corrected chi connectivity index (χ2v) is 6.40. The number of hydrogen-bond donors (Lipinski definition) is 2. The zero-order valence-electron chi connectivity index (χ0n) is 15.6. The lowest BCUT2D eigenvalue weighted by Gasteiger charge is -2.26. The number of nitrogens with two attached hydrogens (primary N) is 1. The molecule has 0 aliphatic carbocycles. The Kier molecular flexibility index (Phi) is 6.50. The van der Waals surface area contributed by atoms with Crippen LogP contribution in [0.15, 0.2) is 60.0 Å². The Morgan fingerprint density at radius 2 is 2.11 bits per heavy atom. The fraction of sp³-hybridized carbons (Fsp3) is 0.250. The van der Waals surface area contributed by atoms with Crippen molar-refractivity contribution >= 4 is 29.9 Å². The molecule has 2 aromatic heterocycles. The number of benzene rings is 1. The average molecular weight is 490 g/mol. The molecule has 0 saturated heterocycles. The maximum absolute atomic E-state index is 6.17. The van der Waals surface area contributed by atoms with E-state index in [1.807, 2.05) is 48.0 Å². The zero-order chi connectivity index (χ0) is 18.6. The highest BCUT2D eigenvalue weighted by Gasteiger charge is 2.21. The third-order valence-corrected chi connectivity index (χ3v) is 4.62. The topological polar surface area (TPSA) is 90.4 Å². The molecule has 0 saturated carbocycles. The predicted molar refractivity (Wildman–Crippen MR) is 119 cm³/mol. The van der Waals surface area contributed by atoms with Crippen molar-refractivity contribution in [3.63, 3.8) is 0 Å². The van der Waals surface area contributed by atoms with Crippen LogP contribution in [0.2, 0.25) is 0 Å². The van der Waals surface area contributed by atoms with E-state index in [2.05, 4.69) is 26.3 Å². The number of nitrogens with zero attached hydrogens (tertiary/aromatic N) is 4. The normalized spacial score (nSPS) is 15.9. The van der Waals surface area contributed by atoms with Crippen LogP contribution in [0.4, 0.5) is 0 Å². The Hall–Kier alpha value is -2.62. The average Bonchev–Trinajstić information content (AvgIpc) is 3.13. The first-order chi connectivity index (χ1) is 13.2. The fourth-order valence-electron chi connectivity index (χ4n) is 3.26. The number of fused-ring (bicyclic) bond motifs is 1. The number of halogens is 1. The Morgan fingerprint density at radius 1 is 1.25 bits per heavy atom. The molecule has 0 fully saturated rings. The summed E-state index contributed by atoms with van der Waals surface area (Å²) < 4.78 is 7.64. The molecular weight excluding hydrogens is 467 g/mol. The number of aromatic nitrogens is 3. The Labute approximate surface area is 181 Å². The van der Waals surface area contributed by atoms with E-state index in [-0.39, 0.29) is 30.0 Å². The van der Waals surface area contributed by atoms with Crippen LogP contribution in [0.5, 0.6) is 5.75 Å². The van der Waals surface area contributed by atoms with Crippen molar-refractivity contribution in [2.75, 3.05) is 6.61 Å². The van der Waals surface area contributed by atoms with Crippen LogP contribution < -0.4 is 15.8 Å².